The van der Waals surface area contributed by atoms with Crippen LogP contribution in [0.1, 0.15) is 41.0 Å². The number of rotatable bonds is 11. The second-order valence-electron chi connectivity index (χ2n) is 7.74. The van der Waals surface area contributed by atoms with Crippen molar-refractivity contribution in [2.45, 2.75) is 38.5 Å². The lowest BCUT2D eigenvalue weighted by Crippen LogP contribution is -2.30. The van der Waals surface area contributed by atoms with Gasteiger partial charge in [-0.3, -0.25) is 4.79 Å². The summed E-state index contributed by atoms with van der Waals surface area (Å²) >= 11 is 0. The fraction of sp³-hybridized carbons (Fsp3) is 0.320. The maximum Gasteiger partial charge on any atom is 0.268 e. The number of nitrogens with one attached hydrogen (secondary N) is 1. The topological polar surface area (TPSA) is 80.6 Å². The highest BCUT2D eigenvalue weighted by atomic mass is 32.2. The van der Waals surface area contributed by atoms with Crippen molar-refractivity contribution in [3.05, 3.63) is 89.2 Å². The smallest absolute Gasteiger partial charge is 0.268 e. The molecule has 8 heteroatoms. The Bertz CT molecular complexity index is 1150. The molecule has 176 valence electrons. The number of ether oxygens (including phenoxy) is 1. The van der Waals surface area contributed by atoms with Gasteiger partial charge in [0.05, 0.1) is 13.2 Å². The first-order chi connectivity index (χ1) is 15.8. The Hall–Kier alpha value is -2.94. The summed E-state index contributed by atoms with van der Waals surface area (Å²) in [7, 11) is -1.95. The van der Waals surface area contributed by atoms with Crippen molar-refractivity contribution < 1.29 is 17.9 Å². The largest absolute Gasteiger partial charge is 0.372 e. The fourth-order valence-electron chi connectivity index (χ4n) is 3.50. The van der Waals surface area contributed by atoms with Crippen molar-refractivity contribution in [3.8, 4) is 0 Å². The van der Waals surface area contributed by atoms with Gasteiger partial charge in [0.15, 0.2) is 0 Å². The predicted molar refractivity (Wildman–Crippen MR) is 128 cm³/mol. The SMILES string of the molecule is CCN(CC)S(=O)(=O)c1cc(C(=O)NCc2ccc(COCc3ccccc3)cc2)n(C)c1. The van der Waals surface area contributed by atoms with Gasteiger partial charge in [-0.1, -0.05) is 68.4 Å². The van der Waals surface area contributed by atoms with Crippen LogP contribution in [0.25, 0.3) is 0 Å². The first-order valence-corrected chi connectivity index (χ1v) is 12.4. The van der Waals surface area contributed by atoms with Gasteiger partial charge in [-0.25, -0.2) is 8.42 Å². The molecule has 3 aromatic rings. The Labute approximate surface area is 196 Å². The molecule has 7 nitrogen and oxygen atoms in total. The molecule has 1 N–H and O–H groups in total. The molecular formula is C25H31N3O4S. The summed E-state index contributed by atoms with van der Waals surface area (Å²) in [6, 6.07) is 19.3. The van der Waals surface area contributed by atoms with Gasteiger partial charge in [0.25, 0.3) is 5.91 Å². The number of amides is 1. The van der Waals surface area contributed by atoms with Crippen LogP contribution in [0.5, 0.6) is 0 Å². The van der Waals surface area contributed by atoms with Crippen molar-refractivity contribution >= 4 is 15.9 Å². The van der Waals surface area contributed by atoms with Gasteiger partial charge in [0.1, 0.15) is 10.6 Å². The number of nitrogens with zero attached hydrogens (tertiary/aromatic N) is 2. The minimum absolute atomic E-state index is 0.124. The first kappa shape index (κ1) is 24.7. The van der Waals surface area contributed by atoms with Crippen molar-refractivity contribution in [3.63, 3.8) is 0 Å². The van der Waals surface area contributed by atoms with E-state index in [1.165, 1.54) is 16.6 Å². The summed E-state index contributed by atoms with van der Waals surface area (Å²) in [5.74, 6) is -0.325. The number of carbonyl (C=O) groups is 1. The van der Waals surface area contributed by atoms with E-state index in [1.807, 2.05) is 54.6 Å². The molecule has 0 saturated carbocycles. The quantitative estimate of drug-likeness (QED) is 0.464. The number of sulfonamides is 1. The van der Waals surface area contributed by atoms with Crippen LogP contribution in [-0.2, 0) is 41.6 Å². The zero-order valence-electron chi connectivity index (χ0n) is 19.3. The van der Waals surface area contributed by atoms with Gasteiger partial charge in [-0.15, -0.1) is 0 Å². The molecule has 1 aromatic heterocycles. The Kier molecular flexibility index (Phi) is 8.43. The average Bonchev–Trinajstić information content (AvgIpc) is 3.22. The molecule has 0 fully saturated rings. The monoisotopic (exact) mass is 469 g/mol. The van der Waals surface area contributed by atoms with E-state index < -0.39 is 10.0 Å². The molecule has 0 aliphatic carbocycles. The van der Waals surface area contributed by atoms with Crippen LogP contribution in [-0.4, -0.2) is 36.3 Å². The van der Waals surface area contributed by atoms with Crippen LogP contribution < -0.4 is 5.32 Å². The number of aromatic nitrogens is 1. The van der Waals surface area contributed by atoms with Gasteiger partial charge in [-0.2, -0.15) is 4.31 Å². The molecule has 0 unspecified atom stereocenters. The Balaban J connectivity index is 1.55. The van der Waals surface area contributed by atoms with Crippen LogP contribution in [0.2, 0.25) is 0 Å². The third-order valence-electron chi connectivity index (χ3n) is 5.41. The van der Waals surface area contributed by atoms with E-state index >= 15 is 0 Å². The van der Waals surface area contributed by atoms with E-state index in [9.17, 15) is 13.2 Å². The lowest BCUT2D eigenvalue weighted by molar-refractivity contribution is 0.0942. The molecule has 0 aliphatic heterocycles. The maximum atomic E-state index is 12.7. The Morgan fingerprint density at radius 2 is 1.52 bits per heavy atom. The minimum atomic E-state index is -3.61. The van der Waals surface area contributed by atoms with E-state index in [1.54, 1.807) is 25.5 Å². The summed E-state index contributed by atoms with van der Waals surface area (Å²) in [5, 5.41) is 2.86. The summed E-state index contributed by atoms with van der Waals surface area (Å²) < 4.78 is 34.1. The molecule has 33 heavy (non-hydrogen) atoms. The summed E-state index contributed by atoms with van der Waals surface area (Å²) in [4.78, 5) is 12.8. The second-order valence-corrected chi connectivity index (χ2v) is 9.68. The zero-order valence-corrected chi connectivity index (χ0v) is 20.1. The Morgan fingerprint density at radius 1 is 0.939 bits per heavy atom. The molecular weight excluding hydrogens is 438 g/mol. The van der Waals surface area contributed by atoms with Gasteiger partial charge in [0.2, 0.25) is 10.0 Å². The van der Waals surface area contributed by atoms with Gasteiger partial charge >= 0.3 is 0 Å². The molecule has 0 atom stereocenters. The third kappa shape index (κ3) is 6.31. The summed E-state index contributed by atoms with van der Waals surface area (Å²) in [6.45, 7) is 5.74. The van der Waals surface area contributed by atoms with E-state index in [0.717, 1.165) is 16.7 Å². The summed E-state index contributed by atoms with van der Waals surface area (Å²) in [6.07, 6.45) is 1.48. The molecule has 0 aliphatic rings. The van der Waals surface area contributed by atoms with Crippen LogP contribution in [0.3, 0.4) is 0 Å². The minimum Gasteiger partial charge on any atom is -0.372 e. The van der Waals surface area contributed by atoms with Gasteiger partial charge in [-0.05, 0) is 22.8 Å². The normalized spacial score (nSPS) is 11.6. The molecule has 0 saturated heterocycles. The van der Waals surface area contributed by atoms with Crippen LogP contribution in [0.4, 0.5) is 0 Å². The fourth-order valence-corrected chi connectivity index (χ4v) is 5.03. The van der Waals surface area contributed by atoms with E-state index in [2.05, 4.69) is 5.32 Å². The van der Waals surface area contributed by atoms with Crippen molar-refractivity contribution in [1.29, 1.82) is 0 Å². The van der Waals surface area contributed by atoms with Crippen molar-refractivity contribution in [2.24, 2.45) is 7.05 Å². The standard InChI is InChI=1S/C25H31N3O4S/c1-4-28(5-2)33(30,31)23-15-24(27(3)17-23)25(29)26-16-20-11-13-22(14-12-20)19-32-18-21-9-7-6-8-10-21/h6-15,17H,4-5,16,18-19H2,1-3H3,(H,26,29). The number of hydrogen-bond acceptors (Lipinski definition) is 4. The molecule has 1 heterocycles. The number of benzene rings is 2. The molecule has 0 spiro atoms. The summed E-state index contributed by atoms with van der Waals surface area (Å²) in [5.41, 5.74) is 3.42. The van der Waals surface area contributed by atoms with Crippen LogP contribution in [0, 0.1) is 0 Å². The van der Waals surface area contributed by atoms with Gasteiger partial charge < -0.3 is 14.6 Å². The third-order valence-corrected chi connectivity index (χ3v) is 7.43. The Morgan fingerprint density at radius 3 is 2.12 bits per heavy atom. The van der Waals surface area contributed by atoms with Crippen LogP contribution in [0.15, 0.2) is 71.8 Å². The van der Waals surface area contributed by atoms with Crippen LogP contribution >= 0.6 is 0 Å². The first-order valence-electron chi connectivity index (χ1n) is 11.0. The zero-order chi connectivity index (χ0) is 23.8. The lowest BCUT2D eigenvalue weighted by atomic mass is 10.1. The lowest BCUT2D eigenvalue weighted by Gasteiger charge is -2.17. The average molecular weight is 470 g/mol. The van der Waals surface area contributed by atoms with E-state index in [-0.39, 0.29) is 10.8 Å². The van der Waals surface area contributed by atoms with Crippen molar-refractivity contribution in [1.82, 2.24) is 14.2 Å². The highest BCUT2D eigenvalue weighted by Gasteiger charge is 2.25. The number of hydrogen-bond donors (Lipinski definition) is 1. The molecule has 0 bridgehead atoms. The number of aryl methyl sites for hydroxylation is 1. The maximum absolute atomic E-state index is 12.7. The highest BCUT2D eigenvalue weighted by Crippen LogP contribution is 2.18. The molecule has 0 radical (unpaired) electrons. The second kappa shape index (κ2) is 11.3. The predicted octanol–water partition coefficient (Wildman–Crippen LogP) is 3.70. The number of carbonyl (C=O) groups excluding carboxylic acids is 1. The highest BCUT2D eigenvalue weighted by molar-refractivity contribution is 7.89. The van der Waals surface area contributed by atoms with Gasteiger partial charge in [0, 0.05) is 32.9 Å². The molecule has 2 aromatic carbocycles. The molecule has 1 amide bonds. The van der Waals surface area contributed by atoms with Crippen molar-refractivity contribution in [2.75, 3.05) is 13.1 Å². The van der Waals surface area contributed by atoms with E-state index in [4.69, 9.17) is 4.74 Å². The molecule has 3 rings (SSSR count). The van der Waals surface area contributed by atoms with E-state index in [0.29, 0.717) is 38.5 Å².